The number of amides is 2. The minimum absolute atomic E-state index is 0.0558. The van der Waals surface area contributed by atoms with Crippen molar-refractivity contribution in [2.45, 2.75) is 37.5 Å². The lowest BCUT2D eigenvalue weighted by Crippen LogP contribution is -2.32. The summed E-state index contributed by atoms with van der Waals surface area (Å²) in [7, 11) is -3.78. The summed E-state index contributed by atoms with van der Waals surface area (Å²) in [5.41, 5.74) is 1.32. The van der Waals surface area contributed by atoms with Crippen molar-refractivity contribution in [2.75, 3.05) is 23.7 Å². The molecule has 2 aromatic carbocycles. The molecule has 0 aromatic heterocycles. The summed E-state index contributed by atoms with van der Waals surface area (Å²) in [6, 6.07) is 10.9. The molecule has 2 amide bonds. The largest absolute Gasteiger partial charge is 0.326 e. The maximum absolute atomic E-state index is 13.1. The van der Waals surface area contributed by atoms with Crippen LogP contribution in [0.5, 0.6) is 0 Å². The van der Waals surface area contributed by atoms with Crippen LogP contribution in [0, 0.1) is 0 Å². The van der Waals surface area contributed by atoms with E-state index in [0.717, 1.165) is 25.7 Å². The summed E-state index contributed by atoms with van der Waals surface area (Å²) in [6.45, 7) is 2.32. The van der Waals surface area contributed by atoms with E-state index in [0.29, 0.717) is 24.5 Å². The number of anilines is 2. The van der Waals surface area contributed by atoms with Crippen molar-refractivity contribution in [1.82, 2.24) is 4.31 Å². The number of halogens is 1. The van der Waals surface area contributed by atoms with Gasteiger partial charge in [0.25, 0.3) is 5.91 Å². The Labute approximate surface area is 181 Å². The molecule has 1 aliphatic rings. The van der Waals surface area contributed by atoms with Gasteiger partial charge in [0.05, 0.1) is 5.02 Å². The molecule has 1 saturated heterocycles. The highest BCUT2D eigenvalue weighted by atomic mass is 35.5. The SMILES string of the molecule is CC(=O)Nc1ccc(NC(=O)c2ccc(Cl)c(S(=O)(=O)N3CCCCCC3)c2)cc1. The monoisotopic (exact) mass is 449 g/mol. The fourth-order valence-electron chi connectivity index (χ4n) is 3.31. The number of rotatable bonds is 5. The molecule has 1 fully saturated rings. The number of carbonyl (C=O) groups is 2. The first kappa shape index (κ1) is 22.3. The van der Waals surface area contributed by atoms with Crippen LogP contribution in [0.1, 0.15) is 43.0 Å². The van der Waals surface area contributed by atoms with Gasteiger partial charge in [0.15, 0.2) is 0 Å². The molecule has 7 nitrogen and oxygen atoms in total. The zero-order valence-electron chi connectivity index (χ0n) is 16.7. The van der Waals surface area contributed by atoms with Crippen LogP contribution < -0.4 is 10.6 Å². The van der Waals surface area contributed by atoms with Gasteiger partial charge in [-0.3, -0.25) is 9.59 Å². The average molecular weight is 450 g/mol. The number of sulfonamides is 1. The Balaban J connectivity index is 1.80. The van der Waals surface area contributed by atoms with Crippen molar-refractivity contribution < 1.29 is 18.0 Å². The first-order valence-corrected chi connectivity index (χ1v) is 11.6. The van der Waals surface area contributed by atoms with E-state index in [1.54, 1.807) is 24.3 Å². The number of benzene rings is 2. The van der Waals surface area contributed by atoms with E-state index in [1.807, 2.05) is 0 Å². The predicted octanol–water partition coefficient (Wildman–Crippen LogP) is 4.12. The third-order valence-corrected chi connectivity index (χ3v) is 7.22. The Morgan fingerprint density at radius 1 is 0.900 bits per heavy atom. The van der Waals surface area contributed by atoms with Gasteiger partial charge in [-0.1, -0.05) is 24.4 Å². The van der Waals surface area contributed by atoms with E-state index < -0.39 is 15.9 Å². The minimum atomic E-state index is -3.78. The summed E-state index contributed by atoms with van der Waals surface area (Å²) in [5, 5.41) is 5.46. The van der Waals surface area contributed by atoms with Crippen LogP contribution in [-0.4, -0.2) is 37.6 Å². The molecule has 9 heteroatoms. The number of hydrogen-bond acceptors (Lipinski definition) is 4. The molecule has 1 heterocycles. The summed E-state index contributed by atoms with van der Waals surface area (Å²) in [6.07, 6.45) is 3.63. The van der Waals surface area contributed by atoms with Crippen molar-refractivity contribution in [3.8, 4) is 0 Å². The Hall–Kier alpha value is -2.42. The molecule has 0 spiro atoms. The second kappa shape index (κ2) is 9.59. The fourth-order valence-corrected chi connectivity index (χ4v) is 5.32. The highest BCUT2D eigenvalue weighted by molar-refractivity contribution is 7.89. The quantitative estimate of drug-likeness (QED) is 0.717. The molecule has 0 saturated carbocycles. The molecule has 2 N–H and O–H groups in total. The van der Waals surface area contributed by atoms with Gasteiger partial charge in [-0.2, -0.15) is 4.31 Å². The van der Waals surface area contributed by atoms with E-state index >= 15 is 0 Å². The van der Waals surface area contributed by atoms with Gasteiger partial charge >= 0.3 is 0 Å². The van der Waals surface area contributed by atoms with Gasteiger partial charge in [-0.25, -0.2) is 8.42 Å². The van der Waals surface area contributed by atoms with Crippen LogP contribution in [-0.2, 0) is 14.8 Å². The topological polar surface area (TPSA) is 95.6 Å². The van der Waals surface area contributed by atoms with Crippen molar-refractivity contribution in [1.29, 1.82) is 0 Å². The summed E-state index contributed by atoms with van der Waals surface area (Å²) in [5.74, 6) is -0.641. The molecule has 30 heavy (non-hydrogen) atoms. The maximum Gasteiger partial charge on any atom is 0.255 e. The number of hydrogen-bond donors (Lipinski definition) is 2. The molecular formula is C21H24ClN3O4S. The Bertz CT molecular complexity index is 1030. The minimum Gasteiger partial charge on any atom is -0.326 e. The van der Waals surface area contributed by atoms with Crippen molar-refractivity contribution in [3.63, 3.8) is 0 Å². The highest BCUT2D eigenvalue weighted by Gasteiger charge is 2.28. The van der Waals surface area contributed by atoms with Gasteiger partial charge in [-0.05, 0) is 55.3 Å². The van der Waals surface area contributed by atoms with E-state index in [9.17, 15) is 18.0 Å². The normalized spacial score (nSPS) is 15.3. The molecule has 160 valence electrons. The van der Waals surface area contributed by atoms with Crippen LogP contribution in [0.2, 0.25) is 5.02 Å². The Kier molecular flexibility index (Phi) is 7.12. The lowest BCUT2D eigenvalue weighted by atomic mass is 10.2. The van der Waals surface area contributed by atoms with Gasteiger partial charge < -0.3 is 10.6 Å². The fraction of sp³-hybridized carbons (Fsp3) is 0.333. The summed E-state index contributed by atoms with van der Waals surface area (Å²) in [4.78, 5) is 23.7. The van der Waals surface area contributed by atoms with Crippen molar-refractivity contribution >= 4 is 44.8 Å². The number of carbonyl (C=O) groups excluding carboxylic acids is 2. The summed E-state index contributed by atoms with van der Waals surface area (Å²) >= 11 is 6.19. The molecule has 3 rings (SSSR count). The molecular weight excluding hydrogens is 426 g/mol. The van der Waals surface area contributed by atoms with E-state index in [2.05, 4.69) is 10.6 Å². The first-order chi connectivity index (χ1) is 14.3. The van der Waals surface area contributed by atoms with Crippen LogP contribution in [0.3, 0.4) is 0 Å². The Morgan fingerprint density at radius 3 is 2.03 bits per heavy atom. The van der Waals surface area contributed by atoms with Crippen LogP contribution in [0.15, 0.2) is 47.4 Å². The van der Waals surface area contributed by atoms with E-state index in [4.69, 9.17) is 11.6 Å². The molecule has 0 aliphatic carbocycles. The number of nitrogens with zero attached hydrogens (tertiary/aromatic N) is 1. The molecule has 0 radical (unpaired) electrons. The van der Waals surface area contributed by atoms with Crippen LogP contribution in [0.4, 0.5) is 11.4 Å². The smallest absolute Gasteiger partial charge is 0.255 e. The molecule has 0 atom stereocenters. The third kappa shape index (κ3) is 5.38. The zero-order chi connectivity index (χ0) is 21.7. The van der Waals surface area contributed by atoms with Crippen molar-refractivity contribution in [2.24, 2.45) is 0 Å². The molecule has 1 aliphatic heterocycles. The highest BCUT2D eigenvalue weighted by Crippen LogP contribution is 2.28. The molecule has 2 aromatic rings. The van der Waals surface area contributed by atoms with Gasteiger partial charge in [0.2, 0.25) is 15.9 Å². The predicted molar refractivity (Wildman–Crippen MR) is 117 cm³/mol. The average Bonchev–Trinajstić information content (AvgIpc) is 2.99. The van der Waals surface area contributed by atoms with Gasteiger partial charge in [0, 0.05) is 37.0 Å². The second-order valence-corrected chi connectivity index (χ2v) is 9.49. The standard InChI is InChI=1S/C21H24ClN3O4S/c1-15(26)23-17-7-9-18(10-8-17)24-21(27)16-6-11-19(22)20(14-16)30(28,29)25-12-4-2-3-5-13-25/h6-11,14H,2-5,12-13H2,1H3,(H,23,26)(H,24,27). The third-order valence-electron chi connectivity index (χ3n) is 4.84. The van der Waals surface area contributed by atoms with Crippen molar-refractivity contribution in [3.05, 3.63) is 53.1 Å². The second-order valence-electron chi connectivity index (χ2n) is 7.18. The van der Waals surface area contributed by atoms with Crippen LogP contribution >= 0.6 is 11.6 Å². The maximum atomic E-state index is 13.1. The van der Waals surface area contributed by atoms with Crippen LogP contribution in [0.25, 0.3) is 0 Å². The first-order valence-electron chi connectivity index (χ1n) is 9.76. The van der Waals surface area contributed by atoms with E-state index in [-0.39, 0.29) is 21.4 Å². The Morgan fingerprint density at radius 2 is 1.47 bits per heavy atom. The molecule has 0 unspecified atom stereocenters. The summed E-state index contributed by atoms with van der Waals surface area (Å²) < 4.78 is 27.6. The van der Waals surface area contributed by atoms with Gasteiger partial charge in [-0.15, -0.1) is 0 Å². The lowest BCUT2D eigenvalue weighted by molar-refractivity contribution is -0.114. The lowest BCUT2D eigenvalue weighted by Gasteiger charge is -2.21. The number of nitrogens with one attached hydrogen (secondary N) is 2. The zero-order valence-corrected chi connectivity index (χ0v) is 18.2. The van der Waals surface area contributed by atoms with Gasteiger partial charge in [0.1, 0.15) is 4.90 Å². The molecule has 0 bridgehead atoms. The van der Waals surface area contributed by atoms with E-state index in [1.165, 1.54) is 29.4 Å².